The van der Waals surface area contributed by atoms with Gasteiger partial charge >= 0.3 is 5.97 Å². The summed E-state index contributed by atoms with van der Waals surface area (Å²) in [7, 11) is 0. The van der Waals surface area contributed by atoms with Gasteiger partial charge in [0.15, 0.2) is 12.4 Å². The van der Waals surface area contributed by atoms with Gasteiger partial charge in [-0.1, -0.05) is 271 Å². The Kier molecular flexibility index (Phi) is 50.9. The van der Waals surface area contributed by atoms with E-state index in [4.69, 9.17) is 14.2 Å². The largest absolute Gasteiger partial charge is 0.454 e. The number of rotatable bonds is 52. The zero-order chi connectivity index (χ0) is 57.5. The molecule has 452 valence electrons. The number of unbranched alkanes of at least 4 members (excludes halogenated alkanes) is 27. The number of allylic oxidation sites excluding steroid dienone is 17. The van der Waals surface area contributed by atoms with E-state index in [1.807, 2.05) is 66.8 Å². The molecule has 0 saturated carbocycles. The minimum Gasteiger partial charge on any atom is -0.454 e. The van der Waals surface area contributed by atoms with Gasteiger partial charge in [0.2, 0.25) is 5.91 Å². The molecule has 0 aromatic rings. The van der Waals surface area contributed by atoms with Gasteiger partial charge in [-0.3, -0.25) is 9.59 Å². The molecule has 1 heterocycles. The average Bonchev–Trinajstić information content (AvgIpc) is 3.47. The second kappa shape index (κ2) is 54.9. The number of aliphatic hydroxyl groups excluding tert-OH is 5. The standard InChI is InChI=1S/C68H115NO10/c1-4-7-10-13-16-19-22-24-26-28-29-30-31-32-34-35-37-40-43-46-49-52-55-61(72)67(76)69-59(60(71)54-51-48-45-42-39-21-18-15-12-9-6-3)58-77-68-66(65(75)64(74)62(57-70)78-68)79-63(73)56-53-50-47-44-41-38-36-33-27-25-23-20-17-14-11-8-5-2/h8,11,14,16-17,19-20,23-27,33,36,38,41,51,54,59-62,64-66,68,70-72,74-75H,4-7,9-10,12-13,15,18,21-22,28-32,34-35,37,39-40,42-50,52-53,55-58H2,1-3H3,(H,69,76)/b11-8-,17-14+,19-16-,23-20+,26-24-,27-25-,36-33+,41-38+,54-51+. The third kappa shape index (κ3) is 42.8. The van der Waals surface area contributed by atoms with Crippen LogP contribution in [0, 0.1) is 0 Å². The molecule has 1 aliphatic rings. The number of hydrogen-bond acceptors (Lipinski definition) is 10. The third-order valence-corrected chi connectivity index (χ3v) is 14.3. The third-order valence-electron chi connectivity index (χ3n) is 14.3. The first-order valence-electron chi connectivity index (χ1n) is 31.7. The number of aliphatic hydroxyl groups is 5. The Hall–Kier alpha value is -3.68. The Morgan fingerprint density at radius 1 is 0.519 bits per heavy atom. The summed E-state index contributed by atoms with van der Waals surface area (Å²) in [4.78, 5) is 26.5. The molecule has 6 N–H and O–H groups in total. The smallest absolute Gasteiger partial charge is 0.306 e. The summed E-state index contributed by atoms with van der Waals surface area (Å²) in [5.74, 6) is -1.25. The highest BCUT2D eigenvalue weighted by Crippen LogP contribution is 2.26. The molecule has 11 nitrogen and oxygen atoms in total. The number of ether oxygens (including phenoxy) is 3. The predicted octanol–water partition coefficient (Wildman–Crippen LogP) is 15.3. The van der Waals surface area contributed by atoms with Crippen molar-refractivity contribution < 1.29 is 49.3 Å². The lowest BCUT2D eigenvalue weighted by Crippen LogP contribution is -2.61. The van der Waals surface area contributed by atoms with Crippen LogP contribution in [0.3, 0.4) is 0 Å². The Morgan fingerprint density at radius 2 is 0.962 bits per heavy atom. The molecule has 0 aliphatic carbocycles. The zero-order valence-electron chi connectivity index (χ0n) is 50.0. The maximum Gasteiger partial charge on any atom is 0.306 e. The second-order valence-corrected chi connectivity index (χ2v) is 21.6. The number of esters is 1. The van der Waals surface area contributed by atoms with Gasteiger partial charge in [-0.05, 0) is 77.0 Å². The van der Waals surface area contributed by atoms with Crippen molar-refractivity contribution in [3.05, 3.63) is 109 Å². The summed E-state index contributed by atoms with van der Waals surface area (Å²) in [6.45, 7) is 5.58. The lowest BCUT2D eigenvalue weighted by atomic mass is 9.99. The fourth-order valence-corrected chi connectivity index (χ4v) is 9.30. The molecule has 0 aromatic heterocycles. The first-order chi connectivity index (χ1) is 38.7. The Morgan fingerprint density at radius 3 is 1.49 bits per heavy atom. The molecule has 8 unspecified atom stereocenters. The van der Waals surface area contributed by atoms with Crippen LogP contribution in [0.15, 0.2) is 109 Å². The van der Waals surface area contributed by atoms with E-state index < -0.39 is 67.4 Å². The van der Waals surface area contributed by atoms with Gasteiger partial charge < -0.3 is 45.1 Å². The fourth-order valence-electron chi connectivity index (χ4n) is 9.30. The first-order valence-corrected chi connectivity index (χ1v) is 31.7. The van der Waals surface area contributed by atoms with E-state index in [9.17, 15) is 35.1 Å². The Bertz CT molecular complexity index is 1700. The number of carbonyl (C=O) groups excluding carboxylic acids is 2. The number of nitrogens with one attached hydrogen (secondary N) is 1. The molecule has 1 saturated heterocycles. The molecule has 11 heteroatoms. The van der Waals surface area contributed by atoms with Crippen molar-refractivity contribution in [3.8, 4) is 0 Å². The maximum atomic E-state index is 13.4. The zero-order valence-corrected chi connectivity index (χ0v) is 50.0. The van der Waals surface area contributed by atoms with Crippen LogP contribution in [0.2, 0.25) is 0 Å². The quantitative estimate of drug-likeness (QED) is 0.0149. The monoisotopic (exact) mass is 1110 g/mol. The Labute approximate surface area is 481 Å². The Balaban J connectivity index is 2.66. The molecule has 1 aliphatic heterocycles. The summed E-state index contributed by atoms with van der Waals surface area (Å²) in [5, 5.41) is 57.0. The van der Waals surface area contributed by atoms with Crippen LogP contribution in [0.4, 0.5) is 0 Å². The van der Waals surface area contributed by atoms with Crippen molar-refractivity contribution in [3.63, 3.8) is 0 Å². The van der Waals surface area contributed by atoms with E-state index in [0.29, 0.717) is 12.8 Å². The van der Waals surface area contributed by atoms with Gasteiger partial charge in [0.05, 0.1) is 25.4 Å². The van der Waals surface area contributed by atoms with Crippen molar-refractivity contribution in [2.75, 3.05) is 13.2 Å². The number of carbonyl (C=O) groups is 2. The van der Waals surface area contributed by atoms with Crippen molar-refractivity contribution >= 4 is 11.9 Å². The fraction of sp³-hybridized carbons (Fsp3) is 0.706. The highest BCUT2D eigenvalue weighted by molar-refractivity contribution is 5.80. The van der Waals surface area contributed by atoms with Crippen LogP contribution in [0.1, 0.15) is 245 Å². The van der Waals surface area contributed by atoms with Gasteiger partial charge in [-0.15, -0.1) is 0 Å². The topological polar surface area (TPSA) is 175 Å². The molecule has 1 fully saturated rings. The molecular formula is C68H115NO10. The molecule has 1 rings (SSSR count). The van der Waals surface area contributed by atoms with E-state index in [0.717, 1.165) is 77.0 Å². The highest BCUT2D eigenvalue weighted by Gasteiger charge is 2.47. The highest BCUT2D eigenvalue weighted by atomic mass is 16.7. The SMILES string of the molecule is CC\C=C/C=C/C=C/C=C\C=C\C=C\CCCCCC(=O)OC1C(OCC(NC(=O)C(O)CCCCCCCCCCCCCC/C=C\C/C=C\CCCCC)C(O)/C=C/CCCCCCCCCCC)OC(CO)C(O)C1O. The van der Waals surface area contributed by atoms with Crippen molar-refractivity contribution in [2.24, 2.45) is 0 Å². The summed E-state index contributed by atoms with van der Waals surface area (Å²) >= 11 is 0. The normalized spacial score (nSPS) is 19.6. The van der Waals surface area contributed by atoms with E-state index in [1.54, 1.807) is 6.08 Å². The van der Waals surface area contributed by atoms with Gasteiger partial charge in [-0.2, -0.15) is 0 Å². The van der Waals surface area contributed by atoms with Crippen LogP contribution < -0.4 is 5.32 Å². The number of amides is 1. The van der Waals surface area contributed by atoms with Crippen LogP contribution in [-0.4, -0.2) is 99.6 Å². The molecule has 0 bridgehead atoms. The van der Waals surface area contributed by atoms with E-state index in [2.05, 4.69) is 62.5 Å². The number of hydrogen-bond donors (Lipinski definition) is 6. The molecule has 0 radical (unpaired) electrons. The lowest BCUT2D eigenvalue weighted by molar-refractivity contribution is -0.305. The van der Waals surface area contributed by atoms with Crippen LogP contribution in [0.5, 0.6) is 0 Å². The van der Waals surface area contributed by atoms with Gasteiger partial charge in [0, 0.05) is 6.42 Å². The van der Waals surface area contributed by atoms with E-state index >= 15 is 0 Å². The first kappa shape index (κ1) is 73.3. The summed E-state index contributed by atoms with van der Waals surface area (Å²) in [5.41, 5.74) is 0. The summed E-state index contributed by atoms with van der Waals surface area (Å²) < 4.78 is 17.6. The van der Waals surface area contributed by atoms with Crippen LogP contribution in [0.25, 0.3) is 0 Å². The summed E-state index contributed by atoms with van der Waals surface area (Å²) in [6.07, 6.45) is 64.1. The van der Waals surface area contributed by atoms with Crippen molar-refractivity contribution in [2.45, 2.75) is 294 Å². The lowest BCUT2D eigenvalue weighted by Gasteiger charge is -2.41. The predicted molar refractivity (Wildman–Crippen MR) is 328 cm³/mol. The van der Waals surface area contributed by atoms with E-state index in [1.165, 1.54) is 122 Å². The van der Waals surface area contributed by atoms with Gasteiger partial charge in [0.25, 0.3) is 0 Å². The summed E-state index contributed by atoms with van der Waals surface area (Å²) in [6, 6.07) is -1.04. The van der Waals surface area contributed by atoms with E-state index in [-0.39, 0.29) is 19.4 Å². The van der Waals surface area contributed by atoms with Crippen molar-refractivity contribution in [1.82, 2.24) is 5.32 Å². The second-order valence-electron chi connectivity index (χ2n) is 21.6. The van der Waals surface area contributed by atoms with Gasteiger partial charge in [0.1, 0.15) is 24.4 Å². The minimum atomic E-state index is -1.64. The molecule has 79 heavy (non-hydrogen) atoms. The van der Waals surface area contributed by atoms with Crippen LogP contribution >= 0.6 is 0 Å². The van der Waals surface area contributed by atoms with Crippen LogP contribution in [-0.2, 0) is 23.8 Å². The molecule has 0 spiro atoms. The molecule has 0 aromatic carbocycles. The maximum absolute atomic E-state index is 13.4. The molecule has 8 atom stereocenters. The minimum absolute atomic E-state index is 0.0670. The van der Waals surface area contributed by atoms with Crippen molar-refractivity contribution in [1.29, 1.82) is 0 Å². The molecule has 1 amide bonds. The molecular weight excluding hydrogens is 991 g/mol. The average molecular weight is 1110 g/mol. The van der Waals surface area contributed by atoms with Gasteiger partial charge in [-0.25, -0.2) is 0 Å².